The van der Waals surface area contributed by atoms with Gasteiger partial charge < -0.3 is 19.8 Å². The van der Waals surface area contributed by atoms with Crippen molar-refractivity contribution in [1.82, 2.24) is 20.3 Å². The predicted molar refractivity (Wildman–Crippen MR) is 123 cm³/mol. The Morgan fingerprint density at radius 2 is 2.12 bits per heavy atom. The smallest absolute Gasteiger partial charge is 0.286 e. The number of nitro benzene ring substituents is 1. The SMILES string of the molecule is COc1cc(C(=O)NCCCc2nc3ccccc3[nH]2)c([N+](=O)[O-])cc1OCc1cscn1. The summed E-state index contributed by atoms with van der Waals surface area (Å²) in [6.07, 6.45) is 1.25. The summed E-state index contributed by atoms with van der Waals surface area (Å²) in [4.78, 5) is 35.6. The Balaban J connectivity index is 1.41. The van der Waals surface area contributed by atoms with Gasteiger partial charge in [0.2, 0.25) is 0 Å². The van der Waals surface area contributed by atoms with Crippen molar-refractivity contribution in [3.8, 4) is 11.5 Å². The lowest BCUT2D eigenvalue weighted by Crippen LogP contribution is -2.25. The standard InChI is InChI=1S/C22H21N5O5S/c1-31-19-9-15(18(27(29)30)10-20(19)32-11-14-12-33-13-24-14)22(28)23-8-4-7-21-25-16-5-2-3-6-17(16)26-21/h2-3,5-6,9-10,12-13H,4,7-8,11H2,1H3,(H,23,28)(H,25,26). The van der Waals surface area contributed by atoms with E-state index in [1.54, 1.807) is 5.51 Å². The van der Waals surface area contributed by atoms with Crippen LogP contribution in [0.1, 0.15) is 28.3 Å². The van der Waals surface area contributed by atoms with Gasteiger partial charge in [0.05, 0.1) is 40.3 Å². The molecular formula is C22H21N5O5S. The summed E-state index contributed by atoms with van der Waals surface area (Å²) < 4.78 is 10.9. The largest absolute Gasteiger partial charge is 0.493 e. The molecule has 2 N–H and O–H groups in total. The molecular weight excluding hydrogens is 446 g/mol. The van der Waals surface area contributed by atoms with Crippen molar-refractivity contribution in [2.75, 3.05) is 13.7 Å². The molecule has 0 fully saturated rings. The maximum atomic E-state index is 12.7. The van der Waals surface area contributed by atoms with Crippen LogP contribution in [0.25, 0.3) is 11.0 Å². The van der Waals surface area contributed by atoms with E-state index in [9.17, 15) is 14.9 Å². The third-order valence-electron chi connectivity index (χ3n) is 4.90. The van der Waals surface area contributed by atoms with Crippen LogP contribution >= 0.6 is 11.3 Å². The highest BCUT2D eigenvalue weighted by Crippen LogP contribution is 2.35. The molecule has 10 nitrogen and oxygen atoms in total. The average molecular weight is 468 g/mol. The van der Waals surface area contributed by atoms with E-state index in [-0.39, 0.29) is 29.4 Å². The minimum atomic E-state index is -0.613. The van der Waals surface area contributed by atoms with Gasteiger partial charge >= 0.3 is 0 Å². The van der Waals surface area contributed by atoms with E-state index in [1.807, 2.05) is 29.6 Å². The third kappa shape index (κ3) is 5.26. The lowest BCUT2D eigenvalue weighted by atomic mass is 10.1. The Morgan fingerprint density at radius 1 is 1.27 bits per heavy atom. The van der Waals surface area contributed by atoms with Gasteiger partial charge in [0.15, 0.2) is 11.5 Å². The van der Waals surface area contributed by atoms with Crippen molar-refractivity contribution in [1.29, 1.82) is 0 Å². The van der Waals surface area contributed by atoms with Gasteiger partial charge in [-0.15, -0.1) is 11.3 Å². The van der Waals surface area contributed by atoms with Crippen LogP contribution in [0.15, 0.2) is 47.3 Å². The Labute approximate surface area is 192 Å². The van der Waals surface area contributed by atoms with Crippen LogP contribution in [-0.4, -0.2) is 39.4 Å². The fourth-order valence-corrected chi connectivity index (χ4v) is 3.84. The van der Waals surface area contributed by atoms with Crippen LogP contribution in [-0.2, 0) is 13.0 Å². The van der Waals surface area contributed by atoms with Crippen molar-refractivity contribution in [2.24, 2.45) is 0 Å². The van der Waals surface area contributed by atoms with E-state index in [0.717, 1.165) is 16.9 Å². The van der Waals surface area contributed by atoms with Gasteiger partial charge in [-0.25, -0.2) is 9.97 Å². The number of aryl methyl sites for hydroxylation is 1. The maximum absolute atomic E-state index is 12.7. The second kappa shape index (κ2) is 10.1. The number of thiazole rings is 1. The summed E-state index contributed by atoms with van der Waals surface area (Å²) in [6.45, 7) is 0.460. The monoisotopic (exact) mass is 467 g/mol. The molecule has 0 aliphatic carbocycles. The molecule has 0 radical (unpaired) electrons. The first-order chi connectivity index (χ1) is 16.0. The van der Waals surface area contributed by atoms with Crippen molar-refractivity contribution in [2.45, 2.75) is 19.4 Å². The summed E-state index contributed by atoms with van der Waals surface area (Å²) in [5, 5.41) is 16.2. The topological polar surface area (TPSA) is 132 Å². The second-order valence-corrected chi connectivity index (χ2v) is 7.82. The zero-order chi connectivity index (χ0) is 23.2. The molecule has 0 saturated heterocycles. The van der Waals surface area contributed by atoms with Gasteiger partial charge in [0, 0.05) is 24.4 Å². The molecule has 11 heteroatoms. The van der Waals surface area contributed by atoms with Gasteiger partial charge in [-0.1, -0.05) is 12.1 Å². The fourth-order valence-electron chi connectivity index (χ4n) is 3.29. The number of methoxy groups -OCH3 is 1. The van der Waals surface area contributed by atoms with Gasteiger partial charge in [0.1, 0.15) is 18.0 Å². The number of nitro groups is 1. The van der Waals surface area contributed by atoms with Crippen LogP contribution in [0.2, 0.25) is 0 Å². The molecule has 1 amide bonds. The number of carbonyl (C=O) groups excluding carboxylic acids is 1. The molecule has 4 rings (SSSR count). The zero-order valence-electron chi connectivity index (χ0n) is 17.7. The van der Waals surface area contributed by atoms with Crippen LogP contribution in [0.3, 0.4) is 0 Å². The quantitative estimate of drug-likeness (QED) is 0.205. The molecule has 2 aromatic carbocycles. The van der Waals surface area contributed by atoms with E-state index in [0.29, 0.717) is 25.1 Å². The molecule has 4 aromatic rings. The van der Waals surface area contributed by atoms with Gasteiger partial charge in [-0.2, -0.15) is 0 Å². The number of H-pyrrole nitrogens is 1. The molecule has 2 aromatic heterocycles. The summed E-state index contributed by atoms with van der Waals surface area (Å²) in [5.74, 6) is 0.650. The molecule has 0 aliphatic rings. The number of nitrogens with one attached hydrogen (secondary N) is 2. The van der Waals surface area contributed by atoms with E-state index < -0.39 is 10.8 Å². The number of carbonyl (C=O) groups is 1. The molecule has 0 bridgehead atoms. The number of ether oxygens (including phenoxy) is 2. The summed E-state index contributed by atoms with van der Waals surface area (Å²) in [7, 11) is 1.41. The molecule has 170 valence electrons. The summed E-state index contributed by atoms with van der Waals surface area (Å²) >= 11 is 1.42. The fraction of sp³-hybridized carbons (Fsp3) is 0.227. The molecule has 0 aliphatic heterocycles. The number of hydrogen-bond acceptors (Lipinski definition) is 8. The number of nitrogens with zero attached hydrogens (tertiary/aromatic N) is 3. The lowest BCUT2D eigenvalue weighted by molar-refractivity contribution is -0.385. The third-order valence-corrected chi connectivity index (χ3v) is 5.53. The normalized spacial score (nSPS) is 10.8. The maximum Gasteiger partial charge on any atom is 0.286 e. The Bertz CT molecular complexity index is 1240. The minimum Gasteiger partial charge on any atom is -0.493 e. The first-order valence-electron chi connectivity index (χ1n) is 10.1. The number of rotatable bonds is 10. The van der Waals surface area contributed by atoms with E-state index in [2.05, 4.69) is 20.3 Å². The highest BCUT2D eigenvalue weighted by Gasteiger charge is 2.24. The van der Waals surface area contributed by atoms with Crippen LogP contribution < -0.4 is 14.8 Å². The first-order valence-corrected chi connectivity index (χ1v) is 11.1. The Morgan fingerprint density at radius 3 is 2.85 bits per heavy atom. The Kier molecular flexibility index (Phi) is 6.79. The molecule has 0 spiro atoms. The average Bonchev–Trinajstić information content (AvgIpc) is 3.49. The highest BCUT2D eigenvalue weighted by atomic mass is 32.1. The van der Waals surface area contributed by atoms with Gasteiger partial charge in [0.25, 0.3) is 11.6 Å². The second-order valence-electron chi connectivity index (χ2n) is 7.11. The van der Waals surface area contributed by atoms with Crippen LogP contribution in [0, 0.1) is 10.1 Å². The predicted octanol–water partition coefficient (Wildman–Crippen LogP) is 3.88. The van der Waals surface area contributed by atoms with E-state index >= 15 is 0 Å². The van der Waals surface area contributed by atoms with Crippen LogP contribution in [0.5, 0.6) is 11.5 Å². The number of hydrogen-bond donors (Lipinski definition) is 2. The van der Waals surface area contributed by atoms with Gasteiger partial charge in [-0.3, -0.25) is 14.9 Å². The number of amides is 1. The molecule has 0 saturated carbocycles. The molecule has 0 atom stereocenters. The number of para-hydroxylation sites is 2. The number of fused-ring (bicyclic) bond motifs is 1. The first kappa shape index (κ1) is 22.2. The molecule has 2 heterocycles. The highest BCUT2D eigenvalue weighted by molar-refractivity contribution is 7.07. The Hall–Kier alpha value is -3.99. The lowest BCUT2D eigenvalue weighted by Gasteiger charge is -2.12. The summed E-state index contributed by atoms with van der Waals surface area (Å²) in [6, 6.07) is 10.3. The molecule has 33 heavy (non-hydrogen) atoms. The van der Waals surface area contributed by atoms with Crippen molar-refractivity contribution < 1.29 is 19.2 Å². The molecule has 0 unspecified atom stereocenters. The van der Waals surface area contributed by atoms with Crippen molar-refractivity contribution in [3.63, 3.8) is 0 Å². The van der Waals surface area contributed by atoms with Gasteiger partial charge in [-0.05, 0) is 18.6 Å². The van der Waals surface area contributed by atoms with E-state index in [4.69, 9.17) is 9.47 Å². The zero-order valence-corrected chi connectivity index (χ0v) is 18.6. The number of aromatic amines is 1. The number of imidazole rings is 1. The van der Waals surface area contributed by atoms with Crippen molar-refractivity contribution >= 4 is 34.0 Å². The minimum absolute atomic E-state index is 0.0957. The van der Waals surface area contributed by atoms with Crippen LogP contribution in [0.4, 0.5) is 5.69 Å². The van der Waals surface area contributed by atoms with E-state index in [1.165, 1.54) is 30.6 Å². The number of benzene rings is 2. The number of aromatic nitrogens is 3. The summed E-state index contributed by atoms with van der Waals surface area (Å²) in [5.41, 5.74) is 3.74. The van der Waals surface area contributed by atoms with Crippen molar-refractivity contribution in [3.05, 3.63) is 74.5 Å².